The first-order chi connectivity index (χ1) is 8.66. The van der Waals surface area contributed by atoms with Crippen LogP contribution in [0.1, 0.15) is 44.3 Å². The van der Waals surface area contributed by atoms with E-state index in [1.54, 1.807) is 6.20 Å². The molecule has 1 heterocycles. The van der Waals surface area contributed by atoms with Gasteiger partial charge in [0.15, 0.2) is 0 Å². The molecule has 1 aromatic rings. The third-order valence-electron chi connectivity index (χ3n) is 3.28. The molecule has 0 bridgehead atoms. The number of nitrogens with zero attached hydrogens (tertiary/aromatic N) is 2. The fourth-order valence-electron chi connectivity index (χ4n) is 2.01. The Balaban J connectivity index is 1.60. The molecule has 18 heavy (non-hydrogen) atoms. The van der Waals surface area contributed by atoms with Crippen LogP contribution in [0.5, 0.6) is 0 Å². The third-order valence-corrected chi connectivity index (χ3v) is 3.28. The predicted molar refractivity (Wildman–Crippen MR) is 70.0 cm³/mol. The summed E-state index contributed by atoms with van der Waals surface area (Å²) < 4.78 is 1.87. The van der Waals surface area contributed by atoms with Gasteiger partial charge < -0.3 is 10.6 Å². The van der Waals surface area contributed by atoms with Crippen molar-refractivity contribution in [3.8, 4) is 0 Å². The summed E-state index contributed by atoms with van der Waals surface area (Å²) in [4.78, 5) is 11.5. The zero-order valence-electron chi connectivity index (χ0n) is 11.1. The van der Waals surface area contributed by atoms with E-state index in [4.69, 9.17) is 0 Å². The van der Waals surface area contributed by atoms with E-state index in [9.17, 15) is 4.79 Å². The maximum absolute atomic E-state index is 11.5. The number of aryl methyl sites for hydroxylation is 1. The Labute approximate surface area is 108 Å². The highest BCUT2D eigenvalue weighted by atomic mass is 16.1. The first-order valence-corrected chi connectivity index (χ1v) is 6.67. The SMILES string of the molecule is CC(NCCCC(=O)NC1CC1)c1ccnn1C. The summed E-state index contributed by atoms with van der Waals surface area (Å²) in [6.07, 6.45) is 5.60. The van der Waals surface area contributed by atoms with Crippen LogP contribution < -0.4 is 10.6 Å². The standard InChI is InChI=1S/C13H22N4O/c1-10(12-7-9-15-17(12)2)14-8-3-4-13(18)16-11-5-6-11/h7,9-11,14H,3-6,8H2,1-2H3,(H,16,18). The maximum atomic E-state index is 11.5. The summed E-state index contributed by atoms with van der Waals surface area (Å²) >= 11 is 0. The number of amides is 1. The summed E-state index contributed by atoms with van der Waals surface area (Å²) in [7, 11) is 1.94. The molecule has 1 fully saturated rings. The van der Waals surface area contributed by atoms with Gasteiger partial charge in [-0.05, 0) is 38.8 Å². The fourth-order valence-corrected chi connectivity index (χ4v) is 2.01. The van der Waals surface area contributed by atoms with E-state index in [1.165, 1.54) is 0 Å². The first kappa shape index (κ1) is 13.1. The summed E-state index contributed by atoms with van der Waals surface area (Å²) in [5.41, 5.74) is 1.16. The van der Waals surface area contributed by atoms with Crippen LogP contribution in [0.25, 0.3) is 0 Å². The maximum Gasteiger partial charge on any atom is 0.220 e. The van der Waals surface area contributed by atoms with Crippen LogP contribution in [0, 0.1) is 0 Å². The van der Waals surface area contributed by atoms with Crippen molar-refractivity contribution in [2.24, 2.45) is 7.05 Å². The van der Waals surface area contributed by atoms with E-state index in [-0.39, 0.29) is 11.9 Å². The number of rotatable bonds is 7. The van der Waals surface area contributed by atoms with Crippen molar-refractivity contribution in [3.63, 3.8) is 0 Å². The molecule has 1 amide bonds. The highest BCUT2D eigenvalue weighted by Gasteiger charge is 2.22. The molecular weight excluding hydrogens is 228 g/mol. The second kappa shape index (κ2) is 6.00. The molecule has 1 atom stereocenters. The van der Waals surface area contributed by atoms with Gasteiger partial charge in [-0.3, -0.25) is 9.48 Å². The molecule has 1 aliphatic carbocycles. The molecule has 100 valence electrons. The lowest BCUT2D eigenvalue weighted by Crippen LogP contribution is -2.27. The molecule has 5 heteroatoms. The van der Waals surface area contributed by atoms with Crippen LogP contribution in [0.15, 0.2) is 12.3 Å². The highest BCUT2D eigenvalue weighted by molar-refractivity contribution is 5.76. The fraction of sp³-hybridized carbons (Fsp3) is 0.692. The number of hydrogen-bond donors (Lipinski definition) is 2. The van der Waals surface area contributed by atoms with Crippen molar-refractivity contribution in [1.29, 1.82) is 0 Å². The zero-order chi connectivity index (χ0) is 13.0. The minimum Gasteiger partial charge on any atom is -0.353 e. The molecule has 1 saturated carbocycles. The van der Waals surface area contributed by atoms with E-state index in [2.05, 4.69) is 22.7 Å². The Morgan fingerprint density at radius 3 is 3.00 bits per heavy atom. The molecule has 1 aliphatic rings. The average molecular weight is 250 g/mol. The van der Waals surface area contributed by atoms with Crippen LogP contribution in [-0.4, -0.2) is 28.3 Å². The average Bonchev–Trinajstić information content (AvgIpc) is 3.04. The number of hydrogen-bond acceptors (Lipinski definition) is 3. The summed E-state index contributed by atoms with van der Waals surface area (Å²) in [6.45, 7) is 2.96. The van der Waals surface area contributed by atoms with E-state index in [1.807, 2.05) is 17.8 Å². The first-order valence-electron chi connectivity index (χ1n) is 6.67. The smallest absolute Gasteiger partial charge is 0.220 e. The van der Waals surface area contributed by atoms with Crippen LogP contribution in [0.3, 0.4) is 0 Å². The van der Waals surface area contributed by atoms with Gasteiger partial charge in [-0.1, -0.05) is 0 Å². The van der Waals surface area contributed by atoms with Gasteiger partial charge in [-0.15, -0.1) is 0 Å². The zero-order valence-corrected chi connectivity index (χ0v) is 11.1. The molecule has 0 radical (unpaired) electrons. The molecule has 5 nitrogen and oxygen atoms in total. The normalized spacial score (nSPS) is 16.6. The van der Waals surface area contributed by atoms with Gasteiger partial charge >= 0.3 is 0 Å². The van der Waals surface area contributed by atoms with Crippen LogP contribution >= 0.6 is 0 Å². The van der Waals surface area contributed by atoms with Crippen molar-refractivity contribution >= 4 is 5.91 Å². The molecule has 1 aromatic heterocycles. The van der Waals surface area contributed by atoms with E-state index in [0.29, 0.717) is 12.5 Å². The van der Waals surface area contributed by atoms with Gasteiger partial charge in [0.2, 0.25) is 5.91 Å². The Bertz CT molecular complexity index is 397. The molecule has 0 spiro atoms. The molecular formula is C13H22N4O. The van der Waals surface area contributed by atoms with Gasteiger partial charge in [-0.2, -0.15) is 5.10 Å². The lowest BCUT2D eigenvalue weighted by molar-refractivity contribution is -0.121. The largest absolute Gasteiger partial charge is 0.353 e. The second-order valence-corrected chi connectivity index (χ2v) is 5.00. The Morgan fingerprint density at radius 1 is 1.61 bits per heavy atom. The van der Waals surface area contributed by atoms with Gasteiger partial charge in [0, 0.05) is 31.7 Å². The Morgan fingerprint density at radius 2 is 2.39 bits per heavy atom. The van der Waals surface area contributed by atoms with E-state index in [0.717, 1.165) is 31.5 Å². The third kappa shape index (κ3) is 3.84. The second-order valence-electron chi connectivity index (χ2n) is 5.00. The predicted octanol–water partition coefficient (Wildman–Crippen LogP) is 1.13. The Hall–Kier alpha value is -1.36. The minimum atomic E-state index is 0.187. The topological polar surface area (TPSA) is 59.0 Å². The van der Waals surface area contributed by atoms with Crippen molar-refractivity contribution < 1.29 is 4.79 Å². The van der Waals surface area contributed by atoms with Crippen LogP contribution in [0.4, 0.5) is 0 Å². The van der Waals surface area contributed by atoms with Gasteiger partial charge in [0.05, 0.1) is 5.69 Å². The van der Waals surface area contributed by atoms with E-state index >= 15 is 0 Å². The minimum absolute atomic E-state index is 0.187. The molecule has 2 N–H and O–H groups in total. The summed E-state index contributed by atoms with van der Waals surface area (Å²) in [6, 6.07) is 2.75. The van der Waals surface area contributed by atoms with Gasteiger partial charge in [-0.25, -0.2) is 0 Å². The van der Waals surface area contributed by atoms with E-state index < -0.39 is 0 Å². The molecule has 0 saturated heterocycles. The van der Waals surface area contributed by atoms with Crippen LogP contribution in [0.2, 0.25) is 0 Å². The summed E-state index contributed by atoms with van der Waals surface area (Å²) in [5.74, 6) is 0.187. The van der Waals surface area contributed by atoms with Crippen molar-refractivity contribution in [1.82, 2.24) is 20.4 Å². The Kier molecular flexibility index (Phi) is 4.36. The lowest BCUT2D eigenvalue weighted by Gasteiger charge is -2.13. The number of aromatic nitrogens is 2. The number of nitrogens with one attached hydrogen (secondary N) is 2. The number of carbonyl (C=O) groups excluding carboxylic acids is 1. The van der Waals surface area contributed by atoms with Gasteiger partial charge in [0.1, 0.15) is 0 Å². The number of carbonyl (C=O) groups is 1. The lowest BCUT2D eigenvalue weighted by atomic mass is 10.2. The molecule has 1 unspecified atom stereocenters. The van der Waals surface area contributed by atoms with Crippen molar-refractivity contribution in [2.75, 3.05) is 6.54 Å². The monoisotopic (exact) mass is 250 g/mol. The summed E-state index contributed by atoms with van der Waals surface area (Å²) in [5, 5.41) is 10.6. The molecule has 0 aliphatic heterocycles. The highest BCUT2D eigenvalue weighted by Crippen LogP contribution is 2.18. The quantitative estimate of drug-likeness (QED) is 0.713. The molecule has 2 rings (SSSR count). The van der Waals surface area contributed by atoms with Crippen LogP contribution in [-0.2, 0) is 11.8 Å². The molecule has 0 aromatic carbocycles. The van der Waals surface area contributed by atoms with Crippen molar-refractivity contribution in [2.45, 2.75) is 44.7 Å². The van der Waals surface area contributed by atoms with Gasteiger partial charge in [0.25, 0.3) is 0 Å². The van der Waals surface area contributed by atoms with Crippen molar-refractivity contribution in [3.05, 3.63) is 18.0 Å².